The standard InChI is InChI=1S/C13H22N2O3S/c1-3-15(9-4-10-16)19(17,18)13-7-5-12(6-8-13)11(2)14/h5-8,11,16H,3-4,9-10,14H2,1-2H3. The maximum Gasteiger partial charge on any atom is 0.243 e. The van der Waals surface area contributed by atoms with Gasteiger partial charge in [-0.3, -0.25) is 0 Å². The van der Waals surface area contributed by atoms with Crippen LogP contribution in [0.15, 0.2) is 29.2 Å². The predicted octanol–water partition coefficient (Wildman–Crippen LogP) is 1.10. The van der Waals surface area contributed by atoms with E-state index in [-0.39, 0.29) is 17.5 Å². The number of nitrogens with two attached hydrogens (primary N) is 1. The van der Waals surface area contributed by atoms with Crippen LogP contribution in [0, 0.1) is 0 Å². The van der Waals surface area contributed by atoms with E-state index in [0.29, 0.717) is 19.5 Å². The van der Waals surface area contributed by atoms with E-state index in [0.717, 1.165) is 5.56 Å². The summed E-state index contributed by atoms with van der Waals surface area (Å²) in [5, 5.41) is 8.81. The highest BCUT2D eigenvalue weighted by molar-refractivity contribution is 7.89. The first kappa shape index (κ1) is 16.1. The fourth-order valence-corrected chi connectivity index (χ4v) is 3.28. The Labute approximate surface area is 115 Å². The third-order valence-corrected chi connectivity index (χ3v) is 4.95. The SMILES string of the molecule is CCN(CCCO)S(=O)(=O)c1ccc(C(C)N)cc1. The van der Waals surface area contributed by atoms with Crippen molar-refractivity contribution < 1.29 is 13.5 Å². The molecule has 6 heteroatoms. The molecule has 0 aliphatic heterocycles. The molecule has 0 saturated heterocycles. The summed E-state index contributed by atoms with van der Waals surface area (Å²) in [5.74, 6) is 0. The highest BCUT2D eigenvalue weighted by Crippen LogP contribution is 2.18. The van der Waals surface area contributed by atoms with E-state index in [4.69, 9.17) is 10.8 Å². The molecule has 0 bridgehead atoms. The molecule has 108 valence electrons. The molecule has 1 unspecified atom stereocenters. The molecular formula is C13H22N2O3S. The van der Waals surface area contributed by atoms with E-state index in [2.05, 4.69) is 0 Å². The van der Waals surface area contributed by atoms with E-state index < -0.39 is 10.0 Å². The number of nitrogens with zero attached hydrogens (tertiary/aromatic N) is 1. The van der Waals surface area contributed by atoms with Crippen LogP contribution < -0.4 is 5.73 Å². The minimum atomic E-state index is -3.48. The van der Waals surface area contributed by atoms with Gasteiger partial charge in [0.2, 0.25) is 10.0 Å². The third kappa shape index (κ3) is 4.01. The molecule has 0 aliphatic carbocycles. The van der Waals surface area contributed by atoms with Crippen molar-refractivity contribution in [1.82, 2.24) is 4.31 Å². The molecule has 0 aliphatic rings. The maximum absolute atomic E-state index is 12.4. The number of hydrogen-bond donors (Lipinski definition) is 2. The molecule has 0 radical (unpaired) electrons. The minimum Gasteiger partial charge on any atom is -0.396 e. The average Bonchev–Trinajstić information content (AvgIpc) is 2.39. The van der Waals surface area contributed by atoms with E-state index in [1.807, 2.05) is 6.92 Å². The highest BCUT2D eigenvalue weighted by Gasteiger charge is 2.22. The van der Waals surface area contributed by atoms with E-state index in [1.54, 1.807) is 31.2 Å². The summed E-state index contributed by atoms with van der Waals surface area (Å²) < 4.78 is 26.1. The quantitative estimate of drug-likeness (QED) is 0.786. The topological polar surface area (TPSA) is 83.6 Å². The van der Waals surface area contributed by atoms with E-state index in [1.165, 1.54) is 4.31 Å². The third-order valence-electron chi connectivity index (χ3n) is 2.96. The van der Waals surface area contributed by atoms with Gasteiger partial charge in [0.1, 0.15) is 0 Å². The number of rotatable bonds is 7. The van der Waals surface area contributed by atoms with Gasteiger partial charge in [0.05, 0.1) is 4.90 Å². The lowest BCUT2D eigenvalue weighted by Crippen LogP contribution is -2.32. The maximum atomic E-state index is 12.4. The van der Waals surface area contributed by atoms with Crippen molar-refractivity contribution >= 4 is 10.0 Å². The number of aliphatic hydroxyl groups is 1. The van der Waals surface area contributed by atoms with Gasteiger partial charge < -0.3 is 10.8 Å². The first-order valence-electron chi connectivity index (χ1n) is 6.40. The Hall–Kier alpha value is -0.950. The van der Waals surface area contributed by atoms with Crippen LogP contribution in [0.4, 0.5) is 0 Å². The van der Waals surface area contributed by atoms with Crippen LogP contribution >= 0.6 is 0 Å². The fraction of sp³-hybridized carbons (Fsp3) is 0.538. The summed E-state index contributed by atoms with van der Waals surface area (Å²) in [6, 6.07) is 6.51. The van der Waals surface area contributed by atoms with Crippen molar-refractivity contribution in [3.63, 3.8) is 0 Å². The van der Waals surface area contributed by atoms with Gasteiger partial charge >= 0.3 is 0 Å². The number of benzene rings is 1. The molecule has 0 fully saturated rings. The molecule has 1 aromatic carbocycles. The molecule has 0 heterocycles. The zero-order valence-corrected chi connectivity index (χ0v) is 12.2. The summed E-state index contributed by atoms with van der Waals surface area (Å²) in [7, 11) is -3.48. The Morgan fingerprint density at radius 1 is 1.32 bits per heavy atom. The zero-order chi connectivity index (χ0) is 14.5. The molecule has 1 rings (SSSR count). The molecule has 0 spiro atoms. The molecule has 1 aromatic rings. The lowest BCUT2D eigenvalue weighted by Gasteiger charge is -2.20. The van der Waals surface area contributed by atoms with Gasteiger partial charge in [-0.15, -0.1) is 0 Å². The Balaban J connectivity index is 2.98. The van der Waals surface area contributed by atoms with Crippen LogP contribution in [-0.4, -0.2) is 37.5 Å². The molecule has 0 amide bonds. The molecule has 3 N–H and O–H groups in total. The molecule has 19 heavy (non-hydrogen) atoms. The van der Waals surface area contributed by atoms with Crippen LogP contribution in [0.1, 0.15) is 31.9 Å². The molecule has 0 saturated carbocycles. The van der Waals surface area contributed by atoms with Gasteiger partial charge in [-0.1, -0.05) is 19.1 Å². The normalized spacial score (nSPS) is 13.7. The zero-order valence-electron chi connectivity index (χ0n) is 11.4. The Bertz CT molecular complexity index is 483. The van der Waals surface area contributed by atoms with Crippen LogP contribution in [0.5, 0.6) is 0 Å². The second-order valence-corrected chi connectivity index (χ2v) is 6.37. The first-order valence-corrected chi connectivity index (χ1v) is 7.84. The van der Waals surface area contributed by atoms with Gasteiger partial charge in [-0.2, -0.15) is 4.31 Å². The van der Waals surface area contributed by atoms with Crippen LogP contribution in [0.3, 0.4) is 0 Å². The largest absolute Gasteiger partial charge is 0.396 e. The summed E-state index contributed by atoms with van der Waals surface area (Å²) in [4.78, 5) is 0.261. The number of hydrogen-bond acceptors (Lipinski definition) is 4. The van der Waals surface area contributed by atoms with Gasteiger partial charge in [-0.25, -0.2) is 8.42 Å². The van der Waals surface area contributed by atoms with Crippen molar-refractivity contribution in [1.29, 1.82) is 0 Å². The van der Waals surface area contributed by atoms with Gasteiger partial charge in [0, 0.05) is 25.7 Å². The minimum absolute atomic E-state index is 0.0182. The lowest BCUT2D eigenvalue weighted by molar-refractivity contribution is 0.271. The van der Waals surface area contributed by atoms with Crippen molar-refractivity contribution in [3.05, 3.63) is 29.8 Å². The molecule has 5 nitrogen and oxygen atoms in total. The number of aliphatic hydroxyl groups excluding tert-OH is 1. The first-order chi connectivity index (χ1) is 8.93. The van der Waals surface area contributed by atoms with Crippen LogP contribution in [0.2, 0.25) is 0 Å². The van der Waals surface area contributed by atoms with Crippen molar-refractivity contribution in [2.75, 3.05) is 19.7 Å². The Morgan fingerprint density at radius 2 is 1.89 bits per heavy atom. The summed E-state index contributed by atoms with van der Waals surface area (Å²) in [6.45, 7) is 4.33. The highest BCUT2D eigenvalue weighted by atomic mass is 32.2. The summed E-state index contributed by atoms with van der Waals surface area (Å²) in [6.07, 6.45) is 0.436. The smallest absolute Gasteiger partial charge is 0.243 e. The van der Waals surface area contributed by atoms with E-state index >= 15 is 0 Å². The van der Waals surface area contributed by atoms with E-state index in [9.17, 15) is 8.42 Å². The summed E-state index contributed by atoms with van der Waals surface area (Å²) >= 11 is 0. The van der Waals surface area contributed by atoms with Gasteiger partial charge in [-0.05, 0) is 31.0 Å². The van der Waals surface area contributed by atoms with Crippen LogP contribution in [-0.2, 0) is 10.0 Å². The average molecular weight is 286 g/mol. The fourth-order valence-electron chi connectivity index (χ4n) is 1.79. The van der Waals surface area contributed by atoms with Gasteiger partial charge in [0.25, 0.3) is 0 Å². The molecule has 0 aromatic heterocycles. The van der Waals surface area contributed by atoms with Gasteiger partial charge in [0.15, 0.2) is 0 Å². The van der Waals surface area contributed by atoms with Crippen LogP contribution in [0.25, 0.3) is 0 Å². The summed E-state index contributed by atoms with van der Waals surface area (Å²) in [5.41, 5.74) is 6.64. The Morgan fingerprint density at radius 3 is 2.32 bits per heavy atom. The Kier molecular flexibility index (Phi) is 5.93. The second-order valence-electron chi connectivity index (χ2n) is 4.43. The van der Waals surface area contributed by atoms with Crippen molar-refractivity contribution in [2.45, 2.75) is 31.2 Å². The predicted molar refractivity (Wildman–Crippen MR) is 75.2 cm³/mol. The van der Waals surface area contributed by atoms with Crippen molar-refractivity contribution in [2.24, 2.45) is 5.73 Å². The number of sulfonamides is 1. The molecule has 1 atom stereocenters. The second kappa shape index (κ2) is 7.00. The molecular weight excluding hydrogens is 264 g/mol. The monoisotopic (exact) mass is 286 g/mol. The lowest BCUT2D eigenvalue weighted by atomic mass is 10.1. The van der Waals surface area contributed by atoms with Crippen molar-refractivity contribution in [3.8, 4) is 0 Å².